The number of likely N-dealkylation sites (tertiary alicyclic amines) is 1. The van der Waals surface area contributed by atoms with Crippen LogP contribution in [0, 0.1) is 0 Å². The molecule has 0 radical (unpaired) electrons. The molecule has 0 bridgehead atoms. The molecule has 0 aromatic carbocycles. The van der Waals surface area contributed by atoms with E-state index in [1.807, 2.05) is 18.7 Å². The van der Waals surface area contributed by atoms with Crippen LogP contribution in [0.5, 0.6) is 0 Å². The van der Waals surface area contributed by atoms with Crippen molar-refractivity contribution in [1.82, 2.24) is 20.0 Å². The highest BCUT2D eigenvalue weighted by atomic mass is 16.2. The summed E-state index contributed by atoms with van der Waals surface area (Å²) in [4.78, 5) is 31.4. The van der Waals surface area contributed by atoms with Crippen LogP contribution in [0.3, 0.4) is 0 Å². The highest BCUT2D eigenvalue weighted by Gasteiger charge is 2.45. The normalized spacial score (nSPS) is 28.6. The first-order valence-corrected chi connectivity index (χ1v) is 9.43. The van der Waals surface area contributed by atoms with Crippen LogP contribution in [0.15, 0.2) is 0 Å². The van der Waals surface area contributed by atoms with Gasteiger partial charge in [0.05, 0.1) is 0 Å². The van der Waals surface area contributed by atoms with E-state index in [9.17, 15) is 9.59 Å². The van der Waals surface area contributed by atoms with Gasteiger partial charge < -0.3 is 10.2 Å². The highest BCUT2D eigenvalue weighted by Crippen LogP contribution is 2.28. The second kappa shape index (κ2) is 8.30. The lowest BCUT2D eigenvalue weighted by molar-refractivity contribution is -0.131. The topological polar surface area (TPSA) is 55.9 Å². The summed E-state index contributed by atoms with van der Waals surface area (Å²) in [6.07, 6.45) is 2.38. The molecule has 0 aromatic rings. The highest BCUT2D eigenvalue weighted by molar-refractivity contribution is 5.83. The van der Waals surface area contributed by atoms with Crippen LogP contribution < -0.4 is 5.32 Å². The predicted molar refractivity (Wildman–Crippen MR) is 95.8 cm³/mol. The Labute approximate surface area is 146 Å². The fraction of sp³-hybridized carbons (Fsp3) is 0.889. The Balaban J connectivity index is 2.01. The van der Waals surface area contributed by atoms with E-state index in [1.165, 1.54) is 0 Å². The minimum atomic E-state index is -0.0570. The van der Waals surface area contributed by atoms with Gasteiger partial charge >= 0.3 is 0 Å². The average Bonchev–Trinajstić information content (AvgIpc) is 2.96. The Hall–Kier alpha value is -1.14. The maximum Gasteiger partial charge on any atom is 0.239 e. The third kappa shape index (κ3) is 3.91. The summed E-state index contributed by atoms with van der Waals surface area (Å²) in [6.45, 7) is 11.5. The molecule has 2 saturated heterocycles. The summed E-state index contributed by atoms with van der Waals surface area (Å²) < 4.78 is 0. The Morgan fingerprint density at radius 2 is 2.00 bits per heavy atom. The summed E-state index contributed by atoms with van der Waals surface area (Å²) in [5.41, 5.74) is 0. The molecule has 2 rings (SSSR count). The van der Waals surface area contributed by atoms with Crippen molar-refractivity contribution in [3.8, 4) is 0 Å². The Kier molecular flexibility index (Phi) is 6.63. The molecule has 138 valence electrons. The number of hydrogen-bond donors (Lipinski definition) is 1. The first kappa shape index (κ1) is 19.2. The molecule has 2 aliphatic heterocycles. The number of nitrogens with zero attached hydrogens (tertiary/aromatic N) is 3. The molecule has 0 unspecified atom stereocenters. The smallest absolute Gasteiger partial charge is 0.239 e. The van der Waals surface area contributed by atoms with Gasteiger partial charge in [0.1, 0.15) is 6.04 Å². The summed E-state index contributed by atoms with van der Waals surface area (Å²) >= 11 is 0. The summed E-state index contributed by atoms with van der Waals surface area (Å²) in [7, 11) is 2.12. The van der Waals surface area contributed by atoms with Gasteiger partial charge in [-0.3, -0.25) is 19.4 Å². The van der Waals surface area contributed by atoms with Crippen LogP contribution in [0.1, 0.15) is 47.0 Å². The van der Waals surface area contributed by atoms with Crippen LogP contribution in [0.25, 0.3) is 0 Å². The van der Waals surface area contributed by atoms with Gasteiger partial charge in [0, 0.05) is 50.7 Å². The molecule has 3 atom stereocenters. The van der Waals surface area contributed by atoms with E-state index in [4.69, 9.17) is 0 Å². The first-order valence-electron chi connectivity index (χ1n) is 9.43. The largest absolute Gasteiger partial charge is 0.353 e. The quantitative estimate of drug-likeness (QED) is 0.782. The average molecular weight is 338 g/mol. The van der Waals surface area contributed by atoms with Crippen LogP contribution >= 0.6 is 0 Å². The number of carbonyl (C=O) groups is 2. The van der Waals surface area contributed by atoms with Crippen LogP contribution in [-0.2, 0) is 9.59 Å². The molecule has 0 aliphatic carbocycles. The van der Waals surface area contributed by atoms with E-state index in [0.29, 0.717) is 19.0 Å². The summed E-state index contributed by atoms with van der Waals surface area (Å²) in [5.74, 6) is 0.367. The SMILES string of the molecule is CCN(CC)C(=O)CC[C@H]1CNC(=O)[C@@H]2[C@@H](CCN2C(C)C)N1C. The molecule has 6 nitrogen and oxygen atoms in total. The van der Waals surface area contributed by atoms with Crippen molar-refractivity contribution in [3.05, 3.63) is 0 Å². The lowest BCUT2D eigenvalue weighted by Gasteiger charge is -2.34. The molecule has 6 heteroatoms. The fourth-order valence-electron chi connectivity index (χ4n) is 4.20. The number of nitrogens with one attached hydrogen (secondary N) is 1. The minimum Gasteiger partial charge on any atom is -0.353 e. The molecule has 1 N–H and O–H groups in total. The number of amides is 2. The van der Waals surface area contributed by atoms with Gasteiger partial charge in [0.15, 0.2) is 0 Å². The number of likely N-dealkylation sites (N-methyl/N-ethyl adjacent to an activating group) is 1. The lowest BCUT2D eigenvalue weighted by atomic mass is 10.0. The lowest BCUT2D eigenvalue weighted by Crippen LogP contribution is -2.51. The molecule has 2 heterocycles. The molecular weight excluding hydrogens is 304 g/mol. The number of rotatable bonds is 6. The second-order valence-corrected chi connectivity index (χ2v) is 7.30. The minimum absolute atomic E-state index is 0.0570. The number of fused-ring (bicyclic) bond motifs is 1. The van der Waals surface area contributed by atoms with Crippen molar-refractivity contribution >= 4 is 11.8 Å². The molecule has 24 heavy (non-hydrogen) atoms. The second-order valence-electron chi connectivity index (χ2n) is 7.30. The third-order valence-electron chi connectivity index (χ3n) is 5.76. The Morgan fingerprint density at radius 3 is 2.58 bits per heavy atom. The summed E-state index contributed by atoms with van der Waals surface area (Å²) in [6, 6.07) is 0.803. The standard InChI is InChI=1S/C18H34N4O2/c1-6-21(7-2)16(23)9-8-14-12-19-18(24)17-15(20(14)5)10-11-22(17)13(3)4/h13-15,17H,6-12H2,1-5H3,(H,19,24)/t14-,15+,17-/m0/s1. The predicted octanol–water partition coefficient (Wildman–Crippen LogP) is 0.917. The third-order valence-corrected chi connectivity index (χ3v) is 5.76. The molecule has 0 aromatic heterocycles. The van der Waals surface area contributed by atoms with E-state index in [2.05, 4.69) is 36.0 Å². The van der Waals surface area contributed by atoms with Gasteiger partial charge in [-0.25, -0.2) is 0 Å². The van der Waals surface area contributed by atoms with Gasteiger partial charge in [-0.1, -0.05) is 0 Å². The van der Waals surface area contributed by atoms with E-state index < -0.39 is 0 Å². The zero-order valence-corrected chi connectivity index (χ0v) is 15.9. The summed E-state index contributed by atoms with van der Waals surface area (Å²) in [5, 5.41) is 3.12. The van der Waals surface area contributed by atoms with Crippen molar-refractivity contribution in [1.29, 1.82) is 0 Å². The van der Waals surface area contributed by atoms with Gasteiger partial charge in [0.25, 0.3) is 0 Å². The molecule has 0 spiro atoms. The van der Waals surface area contributed by atoms with Crippen molar-refractivity contribution in [2.75, 3.05) is 33.2 Å². The molecule has 2 amide bonds. The molecular formula is C18H34N4O2. The van der Waals surface area contributed by atoms with Gasteiger partial charge in [-0.05, 0) is 47.6 Å². The monoisotopic (exact) mass is 338 g/mol. The maximum atomic E-state index is 12.6. The van der Waals surface area contributed by atoms with Gasteiger partial charge in [-0.15, -0.1) is 0 Å². The van der Waals surface area contributed by atoms with E-state index in [0.717, 1.165) is 32.5 Å². The van der Waals surface area contributed by atoms with Crippen molar-refractivity contribution in [3.63, 3.8) is 0 Å². The first-order chi connectivity index (χ1) is 11.4. The number of carbonyl (C=O) groups excluding carboxylic acids is 2. The Morgan fingerprint density at radius 1 is 1.33 bits per heavy atom. The van der Waals surface area contributed by atoms with E-state index in [1.54, 1.807) is 0 Å². The maximum absolute atomic E-state index is 12.6. The van der Waals surface area contributed by atoms with Crippen molar-refractivity contribution in [2.24, 2.45) is 0 Å². The van der Waals surface area contributed by atoms with Crippen LogP contribution in [0.4, 0.5) is 0 Å². The van der Waals surface area contributed by atoms with Crippen molar-refractivity contribution in [2.45, 2.75) is 71.1 Å². The Bertz CT molecular complexity index is 450. The van der Waals surface area contributed by atoms with Gasteiger partial charge in [0.2, 0.25) is 11.8 Å². The number of hydrogen-bond acceptors (Lipinski definition) is 4. The van der Waals surface area contributed by atoms with Gasteiger partial charge in [-0.2, -0.15) is 0 Å². The van der Waals surface area contributed by atoms with Crippen molar-refractivity contribution < 1.29 is 9.59 Å². The van der Waals surface area contributed by atoms with Crippen LogP contribution in [-0.4, -0.2) is 83.9 Å². The zero-order chi connectivity index (χ0) is 17.9. The molecule has 0 saturated carbocycles. The van der Waals surface area contributed by atoms with E-state index in [-0.39, 0.29) is 29.9 Å². The molecule has 2 fully saturated rings. The van der Waals surface area contributed by atoms with Crippen LogP contribution in [0.2, 0.25) is 0 Å². The molecule has 2 aliphatic rings. The van der Waals surface area contributed by atoms with E-state index >= 15 is 0 Å². The fourth-order valence-corrected chi connectivity index (χ4v) is 4.20. The zero-order valence-electron chi connectivity index (χ0n) is 15.9.